The van der Waals surface area contributed by atoms with E-state index in [0.29, 0.717) is 23.9 Å². The summed E-state index contributed by atoms with van der Waals surface area (Å²) < 4.78 is 1.88. The quantitative estimate of drug-likeness (QED) is 0.871. The molecule has 4 nitrogen and oxygen atoms in total. The predicted octanol–water partition coefficient (Wildman–Crippen LogP) is 2.32. The Morgan fingerprint density at radius 1 is 1.44 bits per heavy atom. The van der Waals surface area contributed by atoms with Crippen molar-refractivity contribution in [1.82, 2.24) is 4.57 Å². The summed E-state index contributed by atoms with van der Waals surface area (Å²) in [6.07, 6.45) is 2.45. The Hall–Kier alpha value is -1.58. The zero-order chi connectivity index (χ0) is 13.3. The molecule has 0 unspecified atom stereocenters. The normalized spacial score (nSPS) is 15.1. The standard InChI is InChI=1S/C14H19NO3/c1-9(2)12-7-3-10(4-8-13(16)17)14(18)15(12)11-5-6-11/h3,7,9,11H,4-6,8H2,1-2H3,(H,16,17). The van der Waals surface area contributed by atoms with Crippen LogP contribution in [0.2, 0.25) is 0 Å². The summed E-state index contributed by atoms with van der Waals surface area (Å²) in [5, 5.41) is 8.69. The van der Waals surface area contributed by atoms with Crippen LogP contribution >= 0.6 is 0 Å². The van der Waals surface area contributed by atoms with Gasteiger partial charge in [0.25, 0.3) is 5.56 Å². The van der Waals surface area contributed by atoms with Crippen molar-refractivity contribution in [1.29, 1.82) is 0 Å². The minimum absolute atomic E-state index is 0.00458. The summed E-state index contributed by atoms with van der Waals surface area (Å²) in [5.74, 6) is -0.549. The highest BCUT2D eigenvalue weighted by molar-refractivity contribution is 5.67. The maximum Gasteiger partial charge on any atom is 0.303 e. The van der Waals surface area contributed by atoms with Crippen molar-refractivity contribution < 1.29 is 9.90 Å². The molecule has 0 atom stereocenters. The Morgan fingerprint density at radius 3 is 2.61 bits per heavy atom. The summed E-state index contributed by atoms with van der Waals surface area (Å²) in [6, 6.07) is 4.10. The van der Waals surface area contributed by atoms with Crippen molar-refractivity contribution in [2.24, 2.45) is 0 Å². The van der Waals surface area contributed by atoms with E-state index in [-0.39, 0.29) is 12.0 Å². The molecular formula is C14H19NO3. The maximum atomic E-state index is 12.4. The number of hydrogen-bond donors (Lipinski definition) is 1. The number of pyridine rings is 1. The Balaban J connectivity index is 2.36. The summed E-state index contributed by atoms with van der Waals surface area (Å²) in [5.41, 5.74) is 1.68. The highest BCUT2D eigenvalue weighted by Gasteiger charge is 2.28. The second-order valence-corrected chi connectivity index (χ2v) is 5.24. The van der Waals surface area contributed by atoms with E-state index < -0.39 is 5.97 Å². The molecule has 1 aromatic rings. The predicted molar refractivity (Wildman–Crippen MR) is 69.0 cm³/mol. The van der Waals surface area contributed by atoms with Gasteiger partial charge in [0.2, 0.25) is 0 Å². The van der Waals surface area contributed by atoms with Gasteiger partial charge < -0.3 is 9.67 Å². The van der Waals surface area contributed by atoms with Crippen LogP contribution in [0.1, 0.15) is 56.3 Å². The molecule has 0 radical (unpaired) electrons. The molecule has 1 N–H and O–H groups in total. The summed E-state index contributed by atoms with van der Waals surface area (Å²) >= 11 is 0. The van der Waals surface area contributed by atoms with E-state index in [2.05, 4.69) is 13.8 Å². The molecule has 0 saturated heterocycles. The fraction of sp³-hybridized carbons (Fsp3) is 0.571. The fourth-order valence-corrected chi connectivity index (χ4v) is 2.22. The number of aromatic nitrogens is 1. The van der Waals surface area contributed by atoms with E-state index in [1.165, 1.54) is 0 Å². The molecule has 0 aromatic carbocycles. The van der Waals surface area contributed by atoms with Crippen molar-refractivity contribution in [2.45, 2.75) is 51.5 Å². The fourth-order valence-electron chi connectivity index (χ4n) is 2.22. The molecule has 18 heavy (non-hydrogen) atoms. The van der Waals surface area contributed by atoms with E-state index in [1.54, 1.807) is 6.07 Å². The number of carbonyl (C=O) groups is 1. The van der Waals surface area contributed by atoms with E-state index in [0.717, 1.165) is 18.5 Å². The van der Waals surface area contributed by atoms with Crippen LogP contribution in [0, 0.1) is 0 Å². The smallest absolute Gasteiger partial charge is 0.303 e. The third-order valence-electron chi connectivity index (χ3n) is 3.34. The Labute approximate surface area is 106 Å². The highest BCUT2D eigenvalue weighted by Crippen LogP contribution is 2.36. The largest absolute Gasteiger partial charge is 0.481 e. The van der Waals surface area contributed by atoms with Gasteiger partial charge in [0.05, 0.1) is 0 Å². The molecule has 1 heterocycles. The molecule has 1 aliphatic carbocycles. The van der Waals surface area contributed by atoms with Crippen LogP contribution in [0.15, 0.2) is 16.9 Å². The van der Waals surface area contributed by atoms with Crippen LogP contribution in [0.5, 0.6) is 0 Å². The van der Waals surface area contributed by atoms with Gasteiger partial charge >= 0.3 is 5.97 Å². The minimum Gasteiger partial charge on any atom is -0.481 e. The van der Waals surface area contributed by atoms with Gasteiger partial charge in [-0.3, -0.25) is 9.59 Å². The molecule has 1 fully saturated rings. The van der Waals surface area contributed by atoms with Gasteiger partial charge in [-0.15, -0.1) is 0 Å². The first kappa shape index (κ1) is 12.9. The van der Waals surface area contributed by atoms with Crippen molar-refractivity contribution in [2.75, 3.05) is 0 Å². The molecule has 2 rings (SSSR count). The molecule has 4 heteroatoms. The van der Waals surface area contributed by atoms with E-state index in [1.807, 2.05) is 10.6 Å². The third-order valence-corrected chi connectivity index (χ3v) is 3.34. The average molecular weight is 249 g/mol. The average Bonchev–Trinajstić information content (AvgIpc) is 3.10. The van der Waals surface area contributed by atoms with Crippen LogP contribution in [-0.2, 0) is 11.2 Å². The number of carboxylic acids is 1. The Kier molecular flexibility index (Phi) is 3.55. The molecule has 1 aliphatic rings. The van der Waals surface area contributed by atoms with Gasteiger partial charge in [0, 0.05) is 23.7 Å². The summed E-state index contributed by atoms with van der Waals surface area (Å²) in [4.78, 5) is 22.9. The first-order chi connectivity index (χ1) is 8.50. The zero-order valence-electron chi connectivity index (χ0n) is 10.8. The van der Waals surface area contributed by atoms with Crippen molar-refractivity contribution in [3.05, 3.63) is 33.7 Å². The van der Waals surface area contributed by atoms with Gasteiger partial charge in [0.15, 0.2) is 0 Å². The van der Waals surface area contributed by atoms with Crippen LogP contribution in [-0.4, -0.2) is 15.6 Å². The minimum atomic E-state index is -0.861. The van der Waals surface area contributed by atoms with Crippen LogP contribution < -0.4 is 5.56 Å². The lowest BCUT2D eigenvalue weighted by atomic mass is 10.1. The number of nitrogens with zero attached hydrogens (tertiary/aromatic N) is 1. The van der Waals surface area contributed by atoms with E-state index in [4.69, 9.17) is 5.11 Å². The van der Waals surface area contributed by atoms with Crippen molar-refractivity contribution in [3.63, 3.8) is 0 Å². The second-order valence-electron chi connectivity index (χ2n) is 5.24. The molecule has 1 aromatic heterocycles. The third kappa shape index (κ3) is 2.63. The topological polar surface area (TPSA) is 59.3 Å². The maximum absolute atomic E-state index is 12.4. The molecule has 0 aliphatic heterocycles. The molecular weight excluding hydrogens is 230 g/mol. The highest BCUT2D eigenvalue weighted by atomic mass is 16.4. The molecule has 0 amide bonds. The summed E-state index contributed by atoms with van der Waals surface area (Å²) in [6.45, 7) is 4.15. The SMILES string of the molecule is CC(C)c1ccc(CCC(=O)O)c(=O)n1C1CC1. The Bertz CT molecular complexity index is 512. The summed E-state index contributed by atoms with van der Waals surface area (Å²) in [7, 11) is 0. The lowest BCUT2D eigenvalue weighted by molar-refractivity contribution is -0.136. The van der Waals surface area contributed by atoms with Crippen LogP contribution in [0.3, 0.4) is 0 Å². The molecule has 98 valence electrons. The van der Waals surface area contributed by atoms with E-state index in [9.17, 15) is 9.59 Å². The lowest BCUT2D eigenvalue weighted by Gasteiger charge is -2.16. The first-order valence-corrected chi connectivity index (χ1v) is 6.46. The number of aliphatic carboxylic acids is 1. The van der Waals surface area contributed by atoms with Crippen molar-refractivity contribution in [3.8, 4) is 0 Å². The number of carboxylic acid groups (broad SMARTS) is 1. The number of hydrogen-bond acceptors (Lipinski definition) is 2. The van der Waals surface area contributed by atoms with Crippen molar-refractivity contribution >= 4 is 5.97 Å². The van der Waals surface area contributed by atoms with Crippen LogP contribution in [0.25, 0.3) is 0 Å². The lowest BCUT2D eigenvalue weighted by Crippen LogP contribution is -2.26. The molecule has 1 saturated carbocycles. The molecule has 0 bridgehead atoms. The first-order valence-electron chi connectivity index (χ1n) is 6.46. The monoisotopic (exact) mass is 249 g/mol. The zero-order valence-corrected chi connectivity index (χ0v) is 10.8. The molecule has 0 spiro atoms. The van der Waals surface area contributed by atoms with Crippen LogP contribution in [0.4, 0.5) is 0 Å². The number of rotatable bonds is 5. The van der Waals surface area contributed by atoms with Gasteiger partial charge in [-0.25, -0.2) is 0 Å². The van der Waals surface area contributed by atoms with Gasteiger partial charge in [-0.05, 0) is 31.2 Å². The second kappa shape index (κ2) is 4.96. The van der Waals surface area contributed by atoms with Gasteiger partial charge in [-0.2, -0.15) is 0 Å². The van der Waals surface area contributed by atoms with E-state index >= 15 is 0 Å². The Morgan fingerprint density at radius 2 is 2.11 bits per heavy atom. The van der Waals surface area contributed by atoms with Gasteiger partial charge in [0.1, 0.15) is 0 Å². The number of aryl methyl sites for hydroxylation is 1. The van der Waals surface area contributed by atoms with Gasteiger partial charge in [-0.1, -0.05) is 19.9 Å².